The van der Waals surface area contributed by atoms with E-state index in [2.05, 4.69) is 61.3 Å². The van der Waals surface area contributed by atoms with Gasteiger partial charge in [0.2, 0.25) is 12.5 Å². The molecule has 1 aliphatic carbocycles. The van der Waals surface area contributed by atoms with E-state index >= 15 is 0 Å². The van der Waals surface area contributed by atoms with Crippen molar-refractivity contribution in [3.8, 4) is 11.8 Å². The molecule has 57 heavy (non-hydrogen) atoms. The molecule has 0 bridgehead atoms. The second-order valence-electron chi connectivity index (χ2n) is 15.3. The number of hydrogen-bond donors (Lipinski definition) is 1. The summed E-state index contributed by atoms with van der Waals surface area (Å²) >= 11 is 0. The fourth-order valence-corrected chi connectivity index (χ4v) is 9.06. The van der Waals surface area contributed by atoms with Gasteiger partial charge in [-0.1, -0.05) is 80.8 Å². The molecule has 2 aliphatic rings. The van der Waals surface area contributed by atoms with E-state index in [0.717, 1.165) is 80.0 Å². The first kappa shape index (κ1) is 46.4. The normalized spacial score (nSPS) is 20.5. The van der Waals surface area contributed by atoms with Crippen LogP contribution in [0.2, 0.25) is 0 Å². The van der Waals surface area contributed by atoms with Gasteiger partial charge in [0.25, 0.3) is 8.53 Å². The van der Waals surface area contributed by atoms with Crippen LogP contribution in [0.3, 0.4) is 0 Å². The van der Waals surface area contributed by atoms with E-state index in [1.807, 2.05) is 48.5 Å². The van der Waals surface area contributed by atoms with Crippen molar-refractivity contribution >= 4 is 28.2 Å². The maximum atomic E-state index is 12.9. The van der Waals surface area contributed by atoms with Gasteiger partial charge in [-0.15, -0.1) is 0 Å². The molecule has 1 saturated heterocycles. The molecular formula is C45H63BN3O7P. The number of fused-ring (bicyclic) bond motifs is 2. The van der Waals surface area contributed by atoms with Gasteiger partial charge in [0.05, 0.1) is 6.10 Å². The van der Waals surface area contributed by atoms with E-state index in [1.165, 1.54) is 0 Å². The van der Waals surface area contributed by atoms with Gasteiger partial charge in [0.1, 0.15) is 32.8 Å². The van der Waals surface area contributed by atoms with Crippen molar-refractivity contribution < 1.29 is 32.8 Å². The van der Waals surface area contributed by atoms with E-state index in [0.29, 0.717) is 39.0 Å². The van der Waals surface area contributed by atoms with Crippen LogP contribution in [0, 0.1) is 18.4 Å². The highest BCUT2D eigenvalue weighted by molar-refractivity contribution is 7.44. The van der Waals surface area contributed by atoms with Crippen molar-refractivity contribution in [1.82, 2.24) is 9.99 Å². The highest BCUT2D eigenvalue weighted by atomic mass is 31.2. The monoisotopic (exact) mass is 799 g/mol. The number of hydrogen-bond acceptors (Lipinski definition) is 8. The van der Waals surface area contributed by atoms with E-state index in [4.69, 9.17) is 37.7 Å². The first-order valence-electron chi connectivity index (χ1n) is 21.0. The first-order valence-corrected chi connectivity index (χ1v) is 22.1. The van der Waals surface area contributed by atoms with Gasteiger partial charge in [-0.2, -0.15) is 0 Å². The Labute approximate surface area is 344 Å². The molecule has 1 heterocycles. The summed E-state index contributed by atoms with van der Waals surface area (Å²) in [4.78, 5) is 28.8. The number of unbranched alkanes of at least 4 members (excludes halogenated alkanes) is 6. The van der Waals surface area contributed by atoms with Crippen LogP contribution in [-0.4, -0.2) is 87.1 Å². The summed E-state index contributed by atoms with van der Waals surface area (Å²) < 4.78 is 33.4. The van der Waals surface area contributed by atoms with Gasteiger partial charge in [-0.3, -0.25) is 9.59 Å². The number of carbonyl (C=O) groups excluding carboxylic acids is 2. The van der Waals surface area contributed by atoms with E-state index < -0.39 is 20.6 Å². The van der Waals surface area contributed by atoms with Crippen LogP contribution in [-0.2, 0) is 39.3 Å². The number of amides is 1. The zero-order valence-corrected chi connectivity index (χ0v) is 35.6. The molecule has 12 heteroatoms. The predicted molar refractivity (Wildman–Crippen MR) is 226 cm³/mol. The van der Waals surface area contributed by atoms with Crippen molar-refractivity contribution in [3.05, 3.63) is 82.2 Å². The van der Waals surface area contributed by atoms with Gasteiger partial charge in [0.15, 0.2) is 0 Å². The molecule has 10 nitrogen and oxygen atoms in total. The van der Waals surface area contributed by atoms with Crippen LogP contribution < -0.4 is 5.32 Å². The number of rotatable bonds is 25. The molecule has 1 aliphatic heterocycles. The Morgan fingerprint density at radius 1 is 0.912 bits per heavy atom. The first-order chi connectivity index (χ1) is 27.6. The number of nitrogens with one attached hydrogen (secondary N) is 1. The lowest BCUT2D eigenvalue weighted by Crippen LogP contribution is -2.40. The SMILES string of the molecule is [B][C@@H]1O[C@H](CC)[C@H](OP(OCC[N+]#[C-])N(C(C)C)C(C)C)C1OCCCCCCNC(=O)CCCCCCC(=O)OC1Cc2ccccc2C#Cc2ccccc21. The largest absolute Gasteiger partial charge is 0.457 e. The molecule has 1 amide bonds. The average molecular weight is 800 g/mol. The zero-order chi connectivity index (χ0) is 41.0. The molecule has 1 N–H and O–H groups in total. The van der Waals surface area contributed by atoms with Crippen LogP contribution in [0.1, 0.15) is 134 Å². The van der Waals surface area contributed by atoms with E-state index in [-0.39, 0.29) is 48.8 Å². The average Bonchev–Trinajstić information content (AvgIpc) is 3.48. The third kappa shape index (κ3) is 15.1. The Bertz CT molecular complexity index is 1630. The fraction of sp³-hybridized carbons (Fsp3) is 0.622. The Hall–Kier alpha value is -3.28. The Morgan fingerprint density at radius 2 is 1.58 bits per heavy atom. The maximum Gasteiger partial charge on any atom is 0.306 e. The maximum absolute atomic E-state index is 12.9. The van der Waals surface area contributed by atoms with Crippen molar-refractivity contribution in [1.29, 1.82) is 0 Å². The number of nitrogens with zero attached hydrogens (tertiary/aromatic N) is 2. The second kappa shape index (κ2) is 25.3. The lowest BCUT2D eigenvalue weighted by Gasteiger charge is -2.38. The molecule has 0 aromatic heterocycles. The van der Waals surface area contributed by atoms with Crippen LogP contribution in [0.25, 0.3) is 4.85 Å². The van der Waals surface area contributed by atoms with Crippen LogP contribution >= 0.6 is 8.53 Å². The smallest absolute Gasteiger partial charge is 0.306 e. The summed E-state index contributed by atoms with van der Waals surface area (Å²) in [6.07, 6.45) is 7.82. The standard InChI is InChI=1S/C45H63BN3O7P/c1-7-39-43(56-57(53-31-29-47-6)49(33(2)3)34(4)5)44(45(46)55-39)52-30-19-11-10-18-28-48-41(50)24-12-8-9-13-25-42(51)54-40-32-37-22-15-14-20-35(37)26-27-36-21-16-17-23-38(36)40/h14-17,20-23,33-34,39-40,43-45H,7-13,18-19,24-25,28-32H2,1-5H3,(H,48,50)/t39-,40?,43+,44?,45-,57?/m1/s1. The Balaban J connectivity index is 1.06. The Kier molecular flexibility index (Phi) is 20.6. The molecule has 2 aromatic carbocycles. The summed E-state index contributed by atoms with van der Waals surface area (Å²) in [5.41, 5.74) is 3.90. The molecule has 3 unspecified atom stereocenters. The van der Waals surface area contributed by atoms with E-state index in [9.17, 15) is 9.59 Å². The number of benzene rings is 2. The highest BCUT2D eigenvalue weighted by Gasteiger charge is 2.45. The van der Waals surface area contributed by atoms with Gasteiger partial charge in [0, 0.05) is 67.2 Å². The third-order valence-electron chi connectivity index (χ3n) is 10.2. The van der Waals surface area contributed by atoms with Crippen LogP contribution in [0.4, 0.5) is 0 Å². The fourth-order valence-electron chi connectivity index (χ4n) is 7.30. The summed E-state index contributed by atoms with van der Waals surface area (Å²) in [6.45, 7) is 19.4. The van der Waals surface area contributed by atoms with Crippen molar-refractivity contribution in [2.24, 2.45) is 0 Å². The molecule has 0 saturated carbocycles. The molecule has 6 atom stereocenters. The minimum Gasteiger partial charge on any atom is -0.457 e. The minimum atomic E-state index is -1.44. The Morgan fingerprint density at radius 3 is 2.32 bits per heavy atom. The molecule has 2 radical (unpaired) electrons. The third-order valence-corrected chi connectivity index (χ3v) is 12.3. The lowest BCUT2D eigenvalue weighted by molar-refractivity contribution is -0.149. The van der Waals surface area contributed by atoms with Gasteiger partial charge in [-0.25, -0.2) is 11.2 Å². The van der Waals surface area contributed by atoms with Gasteiger partial charge < -0.3 is 33.4 Å². The topological polar surface area (TPSA) is 99.9 Å². The summed E-state index contributed by atoms with van der Waals surface area (Å²) in [6, 6.07) is 15.7. The summed E-state index contributed by atoms with van der Waals surface area (Å²) in [7, 11) is 4.95. The van der Waals surface area contributed by atoms with Gasteiger partial charge in [-0.05, 0) is 77.5 Å². The molecule has 1 fully saturated rings. The lowest BCUT2D eigenvalue weighted by atomic mass is 9.92. The van der Waals surface area contributed by atoms with Crippen molar-refractivity contribution in [3.63, 3.8) is 0 Å². The molecule has 0 spiro atoms. The number of esters is 1. The summed E-state index contributed by atoms with van der Waals surface area (Å²) in [5.74, 6) is 6.40. The minimum absolute atomic E-state index is 0.0716. The molecule has 308 valence electrons. The van der Waals surface area contributed by atoms with Crippen molar-refractivity contribution in [2.75, 3.05) is 26.3 Å². The van der Waals surface area contributed by atoms with Crippen LogP contribution in [0.15, 0.2) is 48.5 Å². The molecule has 4 rings (SSSR count). The van der Waals surface area contributed by atoms with E-state index in [1.54, 1.807) is 0 Å². The quantitative estimate of drug-likeness (QED) is 0.0267. The summed E-state index contributed by atoms with van der Waals surface area (Å²) in [5, 5.41) is 3.05. The van der Waals surface area contributed by atoms with Gasteiger partial charge >= 0.3 is 5.97 Å². The second-order valence-corrected chi connectivity index (χ2v) is 16.7. The number of carbonyl (C=O) groups is 2. The molecule has 2 aromatic rings. The highest BCUT2D eigenvalue weighted by Crippen LogP contribution is 2.49. The number of ether oxygens (including phenoxy) is 3. The van der Waals surface area contributed by atoms with Crippen LogP contribution in [0.5, 0.6) is 0 Å². The molecular weight excluding hydrogens is 736 g/mol. The predicted octanol–water partition coefficient (Wildman–Crippen LogP) is 8.60. The zero-order valence-electron chi connectivity index (χ0n) is 34.8. The van der Waals surface area contributed by atoms with Crippen molar-refractivity contribution in [2.45, 2.75) is 154 Å².